The Morgan fingerprint density at radius 2 is 1.88 bits per heavy atom. The van der Waals surface area contributed by atoms with Crippen LogP contribution in [-0.2, 0) is 9.84 Å². The molecule has 0 aromatic heterocycles. The van der Waals surface area contributed by atoms with Crippen molar-refractivity contribution in [1.29, 1.82) is 0 Å². The fourth-order valence-electron chi connectivity index (χ4n) is 1.07. The van der Waals surface area contributed by atoms with Gasteiger partial charge in [-0.05, 0) is 32.0 Å². The zero-order valence-electron chi connectivity index (χ0n) is 8.87. The summed E-state index contributed by atoms with van der Waals surface area (Å²) in [5.74, 6) is -1.86. The highest BCUT2D eigenvalue weighted by molar-refractivity contribution is 7.92. The highest BCUT2D eigenvalue weighted by Crippen LogP contribution is 2.27. The van der Waals surface area contributed by atoms with E-state index in [4.69, 9.17) is 5.11 Å². The van der Waals surface area contributed by atoms with Crippen molar-refractivity contribution >= 4 is 9.84 Å². The van der Waals surface area contributed by atoms with E-state index in [1.165, 1.54) is 13.8 Å². The predicted molar refractivity (Wildman–Crippen MR) is 54.7 cm³/mol. The minimum Gasteiger partial charge on any atom is -0.395 e. The van der Waals surface area contributed by atoms with E-state index in [9.17, 15) is 17.2 Å². The van der Waals surface area contributed by atoms with Crippen molar-refractivity contribution < 1.29 is 22.3 Å². The Bertz CT molecular complexity index is 495. The number of aliphatic hydroxyl groups excluding tert-OH is 1. The van der Waals surface area contributed by atoms with Gasteiger partial charge in [-0.1, -0.05) is 0 Å². The van der Waals surface area contributed by atoms with Gasteiger partial charge < -0.3 is 5.11 Å². The van der Waals surface area contributed by atoms with Crippen molar-refractivity contribution in [2.24, 2.45) is 0 Å². The van der Waals surface area contributed by atoms with Crippen LogP contribution in [0.15, 0.2) is 23.1 Å². The molecule has 0 aliphatic carbocycles. The monoisotopic (exact) mass is 250 g/mol. The van der Waals surface area contributed by atoms with Gasteiger partial charge in [0.25, 0.3) is 0 Å². The molecule has 16 heavy (non-hydrogen) atoms. The number of hydrogen-bond acceptors (Lipinski definition) is 3. The summed E-state index contributed by atoms with van der Waals surface area (Å²) in [6.45, 7) is 1.81. The lowest BCUT2D eigenvalue weighted by molar-refractivity contribution is 0.258. The Kier molecular flexibility index (Phi) is 3.35. The Morgan fingerprint density at radius 1 is 1.31 bits per heavy atom. The van der Waals surface area contributed by atoms with Crippen molar-refractivity contribution in [2.75, 3.05) is 6.61 Å². The number of aliphatic hydroxyl groups is 1. The number of benzene rings is 1. The smallest absolute Gasteiger partial charge is 0.188 e. The summed E-state index contributed by atoms with van der Waals surface area (Å²) in [6, 6.07) is 2.19. The quantitative estimate of drug-likeness (QED) is 0.884. The molecule has 0 aliphatic heterocycles. The average molecular weight is 250 g/mol. The van der Waals surface area contributed by atoms with E-state index in [-0.39, 0.29) is 0 Å². The molecule has 1 aromatic rings. The third kappa shape index (κ3) is 2.08. The highest BCUT2D eigenvalue weighted by atomic mass is 32.2. The van der Waals surface area contributed by atoms with E-state index in [0.717, 1.165) is 12.1 Å². The lowest BCUT2D eigenvalue weighted by Gasteiger charge is -2.22. The van der Waals surface area contributed by atoms with Gasteiger partial charge in [-0.15, -0.1) is 0 Å². The number of halogens is 2. The molecule has 1 rings (SSSR count). The van der Waals surface area contributed by atoms with Gasteiger partial charge >= 0.3 is 0 Å². The Hall–Kier alpha value is -1.01. The van der Waals surface area contributed by atoms with Gasteiger partial charge in [0.05, 0.1) is 11.4 Å². The van der Waals surface area contributed by atoms with Crippen molar-refractivity contribution in [2.45, 2.75) is 23.5 Å². The summed E-state index contributed by atoms with van der Waals surface area (Å²) < 4.78 is 48.4. The number of sulfone groups is 1. The third-order valence-corrected chi connectivity index (χ3v) is 4.77. The molecule has 0 bridgehead atoms. The number of hydrogen-bond donors (Lipinski definition) is 1. The second-order valence-electron chi connectivity index (χ2n) is 4.00. The number of rotatable bonds is 3. The van der Waals surface area contributed by atoms with Gasteiger partial charge in [-0.25, -0.2) is 17.2 Å². The first-order chi connectivity index (χ1) is 7.22. The van der Waals surface area contributed by atoms with E-state index in [1.807, 2.05) is 0 Å². The van der Waals surface area contributed by atoms with E-state index < -0.39 is 37.7 Å². The van der Waals surface area contributed by atoms with Crippen LogP contribution >= 0.6 is 0 Å². The SMILES string of the molecule is CC(C)(CO)S(=O)(=O)c1cc(F)ccc1F. The summed E-state index contributed by atoms with van der Waals surface area (Å²) in [6.07, 6.45) is 0. The molecule has 0 spiro atoms. The zero-order valence-corrected chi connectivity index (χ0v) is 9.68. The second-order valence-corrected chi connectivity index (χ2v) is 6.55. The van der Waals surface area contributed by atoms with Gasteiger partial charge in [-0.3, -0.25) is 0 Å². The lowest BCUT2D eigenvalue weighted by Crippen LogP contribution is -2.36. The molecule has 1 aromatic carbocycles. The lowest BCUT2D eigenvalue weighted by atomic mass is 10.2. The molecule has 0 radical (unpaired) electrons. The summed E-state index contributed by atoms with van der Waals surface area (Å²) in [4.78, 5) is -0.730. The molecule has 0 saturated heterocycles. The molecule has 90 valence electrons. The molecule has 0 saturated carbocycles. The summed E-state index contributed by atoms with van der Waals surface area (Å²) in [5, 5.41) is 8.96. The summed E-state index contributed by atoms with van der Waals surface area (Å²) in [7, 11) is -4.11. The van der Waals surface area contributed by atoms with Gasteiger partial charge in [-0.2, -0.15) is 0 Å². The Morgan fingerprint density at radius 3 is 2.38 bits per heavy atom. The van der Waals surface area contributed by atoms with Crippen molar-refractivity contribution in [1.82, 2.24) is 0 Å². The first-order valence-electron chi connectivity index (χ1n) is 4.53. The largest absolute Gasteiger partial charge is 0.395 e. The summed E-state index contributed by atoms with van der Waals surface area (Å²) in [5.41, 5.74) is 0. The van der Waals surface area contributed by atoms with Gasteiger partial charge in [0.2, 0.25) is 0 Å². The van der Waals surface area contributed by atoms with Gasteiger partial charge in [0, 0.05) is 0 Å². The molecule has 0 amide bonds. The molecule has 0 aliphatic rings. The fraction of sp³-hybridized carbons (Fsp3) is 0.400. The molecular formula is C10H12F2O3S. The molecule has 0 unspecified atom stereocenters. The second kappa shape index (κ2) is 4.10. The topological polar surface area (TPSA) is 54.4 Å². The van der Waals surface area contributed by atoms with E-state index >= 15 is 0 Å². The maximum atomic E-state index is 13.3. The molecule has 0 atom stereocenters. The van der Waals surface area contributed by atoms with Crippen LogP contribution in [0.1, 0.15) is 13.8 Å². The maximum Gasteiger partial charge on any atom is 0.188 e. The Balaban J connectivity index is 3.44. The standard InChI is InChI=1S/C10H12F2O3S/c1-10(2,6-13)16(14,15)9-5-7(11)3-4-8(9)12/h3-5,13H,6H2,1-2H3. The highest BCUT2D eigenvalue weighted by Gasteiger charge is 2.37. The maximum absolute atomic E-state index is 13.3. The van der Waals surface area contributed by atoms with Gasteiger partial charge in [0.1, 0.15) is 16.5 Å². The van der Waals surface area contributed by atoms with Crippen LogP contribution in [0.2, 0.25) is 0 Å². The normalized spacial score (nSPS) is 12.8. The van der Waals surface area contributed by atoms with Crippen LogP contribution in [0.3, 0.4) is 0 Å². The van der Waals surface area contributed by atoms with Crippen LogP contribution < -0.4 is 0 Å². The minimum absolute atomic E-state index is 0.613. The third-order valence-electron chi connectivity index (χ3n) is 2.29. The van der Waals surface area contributed by atoms with Crippen LogP contribution in [0.4, 0.5) is 8.78 Å². The molecule has 6 heteroatoms. The molecule has 0 fully saturated rings. The molecule has 3 nitrogen and oxygen atoms in total. The van der Waals surface area contributed by atoms with Crippen LogP contribution in [0.25, 0.3) is 0 Å². The Labute approximate surface area is 92.6 Å². The van der Waals surface area contributed by atoms with Crippen molar-refractivity contribution in [3.05, 3.63) is 29.8 Å². The molecule has 0 heterocycles. The van der Waals surface area contributed by atoms with E-state index in [0.29, 0.717) is 6.07 Å². The van der Waals surface area contributed by atoms with Crippen LogP contribution in [-0.4, -0.2) is 24.9 Å². The van der Waals surface area contributed by atoms with Crippen molar-refractivity contribution in [3.63, 3.8) is 0 Å². The zero-order chi connectivity index (χ0) is 12.6. The van der Waals surface area contributed by atoms with Gasteiger partial charge in [0.15, 0.2) is 9.84 Å². The van der Waals surface area contributed by atoms with Crippen LogP contribution in [0, 0.1) is 11.6 Å². The molecular weight excluding hydrogens is 238 g/mol. The van der Waals surface area contributed by atoms with E-state index in [1.54, 1.807) is 0 Å². The average Bonchev–Trinajstić information content (AvgIpc) is 2.21. The predicted octanol–water partition coefficient (Wildman–Crippen LogP) is 1.51. The fourth-order valence-corrected chi connectivity index (χ4v) is 2.42. The van der Waals surface area contributed by atoms with E-state index in [2.05, 4.69) is 0 Å². The molecule has 1 N–H and O–H groups in total. The first-order valence-corrected chi connectivity index (χ1v) is 6.01. The first kappa shape index (κ1) is 13.1. The van der Waals surface area contributed by atoms with Crippen molar-refractivity contribution in [3.8, 4) is 0 Å². The van der Waals surface area contributed by atoms with Crippen LogP contribution in [0.5, 0.6) is 0 Å². The summed E-state index contributed by atoms with van der Waals surface area (Å²) >= 11 is 0. The minimum atomic E-state index is -4.11.